The van der Waals surface area contributed by atoms with Crippen LogP contribution in [0.5, 0.6) is 0 Å². The molecule has 2 amide bonds. The molecule has 0 aliphatic heterocycles. The van der Waals surface area contributed by atoms with Crippen molar-refractivity contribution < 1.29 is 24.6 Å². The van der Waals surface area contributed by atoms with Gasteiger partial charge in [0.1, 0.15) is 6.04 Å². The number of carbonyl (C=O) groups excluding carboxylic acids is 1. The normalized spacial score (nSPS) is 12.6. The van der Waals surface area contributed by atoms with E-state index < -0.39 is 30.4 Å². The van der Waals surface area contributed by atoms with Gasteiger partial charge in [-0.1, -0.05) is 20.8 Å². The van der Waals surface area contributed by atoms with E-state index in [1.165, 1.54) is 0 Å². The van der Waals surface area contributed by atoms with Crippen LogP contribution in [-0.2, 0) is 9.59 Å². The van der Waals surface area contributed by atoms with Crippen molar-refractivity contribution in [3.8, 4) is 0 Å². The smallest absolute Gasteiger partial charge is 0.326 e. The minimum absolute atomic E-state index is 0.0944. The summed E-state index contributed by atoms with van der Waals surface area (Å²) in [4.78, 5) is 32.6. The SMILES string of the molecule is CCC(C)(C)CNC(=O)N[C@@H](CC(=O)O)C(=O)O. The molecule has 0 aliphatic rings. The number of aliphatic carboxylic acids is 2. The van der Waals surface area contributed by atoms with Gasteiger partial charge in [-0.3, -0.25) is 4.79 Å². The summed E-state index contributed by atoms with van der Waals surface area (Å²) < 4.78 is 0. The van der Waals surface area contributed by atoms with Crippen LogP contribution in [-0.4, -0.2) is 40.8 Å². The third-order valence-corrected chi connectivity index (χ3v) is 2.67. The quantitative estimate of drug-likeness (QED) is 0.536. The van der Waals surface area contributed by atoms with E-state index in [2.05, 4.69) is 10.6 Å². The van der Waals surface area contributed by atoms with E-state index in [0.29, 0.717) is 6.54 Å². The Morgan fingerprint density at radius 1 is 1.22 bits per heavy atom. The lowest BCUT2D eigenvalue weighted by molar-refractivity contribution is -0.145. The van der Waals surface area contributed by atoms with Crippen molar-refractivity contribution in [3.05, 3.63) is 0 Å². The number of hydrogen-bond donors (Lipinski definition) is 4. The van der Waals surface area contributed by atoms with Crippen molar-refractivity contribution in [1.82, 2.24) is 10.6 Å². The molecule has 0 spiro atoms. The molecule has 0 aromatic carbocycles. The molecule has 0 fully saturated rings. The minimum Gasteiger partial charge on any atom is -0.481 e. The van der Waals surface area contributed by atoms with E-state index in [1.54, 1.807) is 0 Å². The van der Waals surface area contributed by atoms with E-state index in [4.69, 9.17) is 10.2 Å². The number of rotatable bonds is 7. The summed E-state index contributed by atoms with van der Waals surface area (Å²) in [6.45, 7) is 6.28. The van der Waals surface area contributed by atoms with Crippen molar-refractivity contribution >= 4 is 18.0 Å². The van der Waals surface area contributed by atoms with Crippen LogP contribution in [0.15, 0.2) is 0 Å². The van der Waals surface area contributed by atoms with E-state index in [1.807, 2.05) is 20.8 Å². The van der Waals surface area contributed by atoms with Crippen LogP contribution in [0.25, 0.3) is 0 Å². The molecule has 0 saturated heterocycles. The van der Waals surface area contributed by atoms with Crippen molar-refractivity contribution in [3.63, 3.8) is 0 Å². The molecule has 0 radical (unpaired) electrons. The number of carboxylic acid groups (broad SMARTS) is 2. The zero-order valence-electron chi connectivity index (χ0n) is 10.8. The lowest BCUT2D eigenvalue weighted by atomic mass is 9.90. The van der Waals surface area contributed by atoms with Crippen LogP contribution in [0, 0.1) is 5.41 Å². The molecule has 0 aliphatic carbocycles. The Morgan fingerprint density at radius 2 is 1.78 bits per heavy atom. The number of amides is 2. The number of carboxylic acids is 2. The highest BCUT2D eigenvalue weighted by Crippen LogP contribution is 2.17. The Bertz CT molecular complexity index is 327. The largest absolute Gasteiger partial charge is 0.481 e. The molecule has 0 aromatic heterocycles. The molecule has 1 atom stereocenters. The predicted octanol–water partition coefficient (Wildman–Crippen LogP) is 0.650. The van der Waals surface area contributed by atoms with E-state index in [9.17, 15) is 14.4 Å². The number of urea groups is 1. The Hall–Kier alpha value is -1.79. The van der Waals surface area contributed by atoms with Gasteiger partial charge in [0.2, 0.25) is 0 Å². The third-order valence-electron chi connectivity index (χ3n) is 2.67. The molecule has 4 N–H and O–H groups in total. The highest BCUT2D eigenvalue weighted by molar-refractivity contribution is 5.86. The molecule has 18 heavy (non-hydrogen) atoms. The fraction of sp³-hybridized carbons (Fsp3) is 0.727. The minimum atomic E-state index is -1.42. The van der Waals surface area contributed by atoms with Gasteiger partial charge >= 0.3 is 18.0 Å². The summed E-state index contributed by atoms with van der Waals surface area (Å²) in [6.07, 6.45) is 0.199. The van der Waals surface area contributed by atoms with Gasteiger partial charge in [-0.25, -0.2) is 9.59 Å². The molecule has 7 nitrogen and oxygen atoms in total. The zero-order valence-corrected chi connectivity index (χ0v) is 10.8. The molecule has 0 saturated carbocycles. The molecule has 0 heterocycles. The predicted molar refractivity (Wildman–Crippen MR) is 64.3 cm³/mol. The van der Waals surface area contributed by atoms with Crippen LogP contribution in [0.1, 0.15) is 33.6 Å². The summed E-state index contributed by atoms with van der Waals surface area (Å²) >= 11 is 0. The second-order valence-electron chi connectivity index (χ2n) is 4.83. The summed E-state index contributed by atoms with van der Waals surface area (Å²) in [5.74, 6) is -2.65. The van der Waals surface area contributed by atoms with Gasteiger partial charge in [0, 0.05) is 6.54 Å². The first-order valence-electron chi connectivity index (χ1n) is 5.67. The number of carbonyl (C=O) groups is 3. The Kier molecular flexibility index (Phi) is 6.15. The van der Waals surface area contributed by atoms with Crippen LogP contribution in [0.3, 0.4) is 0 Å². The van der Waals surface area contributed by atoms with Crippen LogP contribution < -0.4 is 10.6 Å². The molecule has 7 heteroatoms. The highest BCUT2D eigenvalue weighted by atomic mass is 16.4. The molecule has 104 valence electrons. The Morgan fingerprint density at radius 3 is 2.17 bits per heavy atom. The fourth-order valence-corrected chi connectivity index (χ4v) is 1.03. The van der Waals surface area contributed by atoms with Crippen molar-refractivity contribution in [1.29, 1.82) is 0 Å². The first-order valence-corrected chi connectivity index (χ1v) is 5.67. The Labute approximate surface area is 106 Å². The van der Waals surface area contributed by atoms with Crippen molar-refractivity contribution in [2.75, 3.05) is 6.54 Å². The second kappa shape index (κ2) is 6.83. The maximum absolute atomic E-state index is 11.4. The van der Waals surface area contributed by atoms with Crippen molar-refractivity contribution in [2.45, 2.75) is 39.7 Å². The third kappa shape index (κ3) is 6.72. The number of hydrogen-bond acceptors (Lipinski definition) is 3. The molecule has 0 unspecified atom stereocenters. The second-order valence-corrected chi connectivity index (χ2v) is 4.83. The van der Waals surface area contributed by atoms with E-state index >= 15 is 0 Å². The first kappa shape index (κ1) is 16.2. The van der Waals surface area contributed by atoms with Gasteiger partial charge in [-0.2, -0.15) is 0 Å². The molecular formula is C11H20N2O5. The van der Waals surface area contributed by atoms with Crippen LogP contribution in [0.2, 0.25) is 0 Å². The summed E-state index contributed by atoms with van der Waals surface area (Å²) in [5.41, 5.74) is -0.0944. The maximum atomic E-state index is 11.4. The van der Waals surface area contributed by atoms with Gasteiger partial charge in [0.05, 0.1) is 6.42 Å². The summed E-state index contributed by atoms with van der Waals surface area (Å²) in [5, 5.41) is 21.9. The lowest BCUT2D eigenvalue weighted by Crippen LogP contribution is -2.48. The highest BCUT2D eigenvalue weighted by Gasteiger charge is 2.24. The monoisotopic (exact) mass is 260 g/mol. The van der Waals surface area contributed by atoms with Crippen LogP contribution >= 0.6 is 0 Å². The van der Waals surface area contributed by atoms with Gasteiger partial charge in [-0.05, 0) is 11.8 Å². The van der Waals surface area contributed by atoms with Crippen LogP contribution in [0.4, 0.5) is 4.79 Å². The summed E-state index contributed by atoms with van der Waals surface area (Å²) in [7, 11) is 0. The topological polar surface area (TPSA) is 116 Å². The molecule has 0 bridgehead atoms. The first-order chi connectivity index (χ1) is 8.18. The lowest BCUT2D eigenvalue weighted by Gasteiger charge is -2.23. The zero-order chi connectivity index (χ0) is 14.3. The summed E-state index contributed by atoms with van der Waals surface area (Å²) in [6, 6.07) is -2.10. The molecule has 0 rings (SSSR count). The molecular weight excluding hydrogens is 240 g/mol. The average molecular weight is 260 g/mol. The fourth-order valence-electron chi connectivity index (χ4n) is 1.03. The van der Waals surface area contributed by atoms with E-state index in [0.717, 1.165) is 6.42 Å². The van der Waals surface area contributed by atoms with Gasteiger partial charge in [0.25, 0.3) is 0 Å². The van der Waals surface area contributed by atoms with Crippen molar-refractivity contribution in [2.24, 2.45) is 5.41 Å². The molecule has 0 aromatic rings. The average Bonchev–Trinajstić information content (AvgIpc) is 2.25. The van der Waals surface area contributed by atoms with Gasteiger partial charge in [0.15, 0.2) is 0 Å². The maximum Gasteiger partial charge on any atom is 0.326 e. The standard InChI is InChI=1S/C11H20N2O5/c1-4-11(2,3)6-12-10(18)13-7(9(16)17)5-8(14)15/h7H,4-6H2,1-3H3,(H,14,15)(H,16,17)(H2,12,13,18)/t7-/m0/s1. The van der Waals surface area contributed by atoms with Gasteiger partial charge in [-0.15, -0.1) is 0 Å². The van der Waals surface area contributed by atoms with Gasteiger partial charge < -0.3 is 20.8 Å². The Balaban J connectivity index is 4.27. The van der Waals surface area contributed by atoms with E-state index in [-0.39, 0.29) is 5.41 Å². The number of nitrogens with one attached hydrogen (secondary N) is 2.